The number of aliphatic imine (C=N–C) groups is 1. The van der Waals surface area contributed by atoms with Crippen LogP contribution in [0.2, 0.25) is 0 Å². The fourth-order valence-electron chi connectivity index (χ4n) is 1.82. The van der Waals surface area contributed by atoms with Crippen molar-refractivity contribution in [2.24, 2.45) is 10.7 Å². The predicted octanol–water partition coefficient (Wildman–Crippen LogP) is 1.67. The van der Waals surface area contributed by atoms with E-state index in [1.165, 1.54) is 0 Å². The number of nitrogens with zero attached hydrogens (tertiary/aromatic N) is 1. The summed E-state index contributed by atoms with van der Waals surface area (Å²) in [6.45, 7) is 5.02. The van der Waals surface area contributed by atoms with E-state index in [2.05, 4.69) is 18.8 Å². The van der Waals surface area contributed by atoms with Gasteiger partial charge in [0.25, 0.3) is 6.02 Å². The largest absolute Gasteiger partial charge is 0.463 e. The second kappa shape index (κ2) is 3.78. The summed E-state index contributed by atoms with van der Waals surface area (Å²) in [5, 5.41) is 0. The summed E-state index contributed by atoms with van der Waals surface area (Å²) in [5.41, 5.74) is 5.51. The van der Waals surface area contributed by atoms with Crippen LogP contribution in [-0.2, 0) is 4.74 Å². The van der Waals surface area contributed by atoms with Gasteiger partial charge in [0.2, 0.25) is 0 Å². The smallest absolute Gasteiger partial charge is 0.282 e. The van der Waals surface area contributed by atoms with Crippen LogP contribution in [0, 0.1) is 0 Å². The van der Waals surface area contributed by atoms with E-state index in [1.54, 1.807) is 0 Å². The molecule has 0 spiro atoms. The molecule has 0 aromatic heterocycles. The Balaban J connectivity index is 2.60. The molecule has 12 heavy (non-hydrogen) atoms. The molecular formula is C9H18N2O. The van der Waals surface area contributed by atoms with Crippen molar-refractivity contribution in [3.05, 3.63) is 0 Å². The first-order chi connectivity index (χ1) is 5.72. The van der Waals surface area contributed by atoms with Gasteiger partial charge in [-0.2, -0.15) is 0 Å². The zero-order chi connectivity index (χ0) is 9.03. The van der Waals surface area contributed by atoms with Gasteiger partial charge in [0, 0.05) is 0 Å². The van der Waals surface area contributed by atoms with Gasteiger partial charge in [0.05, 0.1) is 0 Å². The molecule has 0 fully saturated rings. The lowest BCUT2D eigenvalue weighted by Gasteiger charge is -2.22. The van der Waals surface area contributed by atoms with Crippen LogP contribution in [-0.4, -0.2) is 18.2 Å². The van der Waals surface area contributed by atoms with Gasteiger partial charge in [-0.3, -0.25) is 0 Å². The first-order valence-corrected chi connectivity index (χ1v) is 4.70. The zero-order valence-corrected chi connectivity index (χ0v) is 7.97. The number of ether oxygens (including phenoxy) is 1. The van der Waals surface area contributed by atoms with Crippen LogP contribution in [0.3, 0.4) is 0 Å². The van der Waals surface area contributed by atoms with Gasteiger partial charge in [0.15, 0.2) is 0 Å². The first-order valence-electron chi connectivity index (χ1n) is 4.70. The minimum Gasteiger partial charge on any atom is -0.463 e. The highest BCUT2D eigenvalue weighted by atomic mass is 16.5. The number of nitrogens with two attached hydrogens (primary N) is 1. The lowest BCUT2D eigenvalue weighted by molar-refractivity contribution is 0.229. The second-order valence-corrected chi connectivity index (χ2v) is 3.46. The van der Waals surface area contributed by atoms with E-state index in [0.717, 1.165) is 25.7 Å². The van der Waals surface area contributed by atoms with Crippen LogP contribution in [0.1, 0.15) is 39.5 Å². The summed E-state index contributed by atoms with van der Waals surface area (Å²) < 4.78 is 5.20. The Labute approximate surface area is 74.0 Å². The van der Waals surface area contributed by atoms with Crippen molar-refractivity contribution in [3.8, 4) is 0 Å². The number of rotatable bonds is 4. The fraction of sp³-hybridized carbons (Fsp3) is 0.889. The first kappa shape index (κ1) is 9.36. The van der Waals surface area contributed by atoms with Gasteiger partial charge < -0.3 is 10.5 Å². The van der Waals surface area contributed by atoms with E-state index in [-0.39, 0.29) is 5.54 Å². The van der Waals surface area contributed by atoms with E-state index in [0.29, 0.717) is 12.6 Å². The molecule has 1 aliphatic rings. The lowest BCUT2D eigenvalue weighted by Crippen LogP contribution is -2.27. The Bertz CT molecular complexity index is 171. The van der Waals surface area contributed by atoms with Crippen molar-refractivity contribution in [1.29, 1.82) is 0 Å². The summed E-state index contributed by atoms with van der Waals surface area (Å²) in [6.07, 6.45) is 4.45. The van der Waals surface area contributed by atoms with Crippen LogP contribution < -0.4 is 5.73 Å². The molecule has 0 saturated heterocycles. The summed E-state index contributed by atoms with van der Waals surface area (Å²) in [6, 6.07) is 0.372. The average Bonchev–Trinajstić information content (AvgIpc) is 2.34. The van der Waals surface area contributed by atoms with Gasteiger partial charge in [-0.15, -0.1) is 0 Å². The standard InChI is InChI=1S/C9H18N2O/c1-3-5-9(6-4-2)7-12-8(10)11-9/h3-7H2,1-2H3,(H2,10,11). The molecule has 1 rings (SSSR count). The molecule has 2 N–H and O–H groups in total. The predicted molar refractivity (Wildman–Crippen MR) is 50.1 cm³/mol. The summed E-state index contributed by atoms with van der Waals surface area (Å²) >= 11 is 0. The third-order valence-corrected chi connectivity index (χ3v) is 2.27. The van der Waals surface area contributed by atoms with Crippen molar-refractivity contribution in [1.82, 2.24) is 0 Å². The van der Waals surface area contributed by atoms with E-state index >= 15 is 0 Å². The molecule has 0 atom stereocenters. The summed E-state index contributed by atoms with van der Waals surface area (Å²) in [4.78, 5) is 4.37. The summed E-state index contributed by atoms with van der Waals surface area (Å²) in [7, 11) is 0. The molecule has 0 aromatic rings. The molecule has 0 amide bonds. The van der Waals surface area contributed by atoms with Gasteiger partial charge in [0.1, 0.15) is 12.1 Å². The van der Waals surface area contributed by atoms with Crippen LogP contribution in [0.25, 0.3) is 0 Å². The Hall–Kier alpha value is -0.730. The summed E-state index contributed by atoms with van der Waals surface area (Å²) in [5.74, 6) is 0. The van der Waals surface area contributed by atoms with Crippen molar-refractivity contribution >= 4 is 6.02 Å². The minimum absolute atomic E-state index is 0.00752. The third kappa shape index (κ3) is 1.90. The highest BCUT2D eigenvalue weighted by Gasteiger charge is 2.33. The van der Waals surface area contributed by atoms with Crippen LogP contribution >= 0.6 is 0 Å². The topological polar surface area (TPSA) is 47.6 Å². The molecule has 70 valence electrons. The Morgan fingerprint density at radius 3 is 2.33 bits per heavy atom. The molecule has 0 radical (unpaired) electrons. The quantitative estimate of drug-likeness (QED) is 0.697. The molecule has 0 saturated carbocycles. The fourth-order valence-corrected chi connectivity index (χ4v) is 1.82. The zero-order valence-electron chi connectivity index (χ0n) is 7.97. The highest BCUT2D eigenvalue weighted by molar-refractivity contribution is 5.73. The van der Waals surface area contributed by atoms with Crippen molar-refractivity contribution in [2.75, 3.05) is 6.61 Å². The Morgan fingerprint density at radius 2 is 2.00 bits per heavy atom. The monoisotopic (exact) mass is 170 g/mol. The molecule has 0 bridgehead atoms. The van der Waals surface area contributed by atoms with E-state index in [9.17, 15) is 0 Å². The Morgan fingerprint density at radius 1 is 1.42 bits per heavy atom. The maximum absolute atomic E-state index is 5.50. The molecule has 1 heterocycles. The Kier molecular flexibility index (Phi) is 2.95. The van der Waals surface area contributed by atoms with E-state index < -0.39 is 0 Å². The molecule has 3 nitrogen and oxygen atoms in total. The van der Waals surface area contributed by atoms with Gasteiger partial charge >= 0.3 is 0 Å². The normalized spacial score (nSPS) is 20.3. The minimum atomic E-state index is 0.00752. The molecule has 0 aromatic carbocycles. The number of amidine groups is 1. The van der Waals surface area contributed by atoms with Crippen LogP contribution in [0.15, 0.2) is 4.99 Å². The van der Waals surface area contributed by atoms with E-state index in [4.69, 9.17) is 10.5 Å². The van der Waals surface area contributed by atoms with Gasteiger partial charge in [-0.25, -0.2) is 4.99 Å². The van der Waals surface area contributed by atoms with Crippen LogP contribution in [0.5, 0.6) is 0 Å². The molecule has 3 heteroatoms. The maximum atomic E-state index is 5.50. The van der Waals surface area contributed by atoms with Gasteiger partial charge in [-0.05, 0) is 12.8 Å². The van der Waals surface area contributed by atoms with E-state index in [1.807, 2.05) is 0 Å². The molecule has 0 unspecified atom stereocenters. The van der Waals surface area contributed by atoms with Crippen molar-refractivity contribution < 1.29 is 4.74 Å². The second-order valence-electron chi connectivity index (χ2n) is 3.46. The molecule has 0 aliphatic carbocycles. The number of hydrogen-bond donors (Lipinski definition) is 1. The van der Waals surface area contributed by atoms with Gasteiger partial charge in [-0.1, -0.05) is 26.7 Å². The highest BCUT2D eigenvalue weighted by Crippen LogP contribution is 2.28. The SMILES string of the molecule is CCCC1(CCC)COC(N)=N1. The maximum Gasteiger partial charge on any atom is 0.282 e. The average molecular weight is 170 g/mol. The van der Waals surface area contributed by atoms with Crippen molar-refractivity contribution in [3.63, 3.8) is 0 Å². The van der Waals surface area contributed by atoms with Crippen LogP contribution in [0.4, 0.5) is 0 Å². The van der Waals surface area contributed by atoms with Crippen molar-refractivity contribution in [2.45, 2.75) is 45.1 Å². The molecular weight excluding hydrogens is 152 g/mol. The molecule has 1 aliphatic heterocycles. The lowest BCUT2D eigenvalue weighted by atomic mass is 9.91. The third-order valence-electron chi connectivity index (χ3n) is 2.27. The number of hydrogen-bond acceptors (Lipinski definition) is 3.